The fourth-order valence-electron chi connectivity index (χ4n) is 1.29. The predicted molar refractivity (Wildman–Crippen MR) is 68.4 cm³/mol. The van der Waals surface area contributed by atoms with Crippen LogP contribution < -0.4 is 11.1 Å². The van der Waals surface area contributed by atoms with E-state index in [4.69, 9.17) is 5.73 Å². The molecule has 88 valence electrons. The Bertz CT molecular complexity index is 324. The van der Waals surface area contributed by atoms with Crippen molar-refractivity contribution in [3.05, 3.63) is 29.8 Å². The molecule has 1 rings (SSSR count). The van der Waals surface area contributed by atoms with Crippen LogP contribution in [0.15, 0.2) is 29.2 Å². The first-order valence-corrected chi connectivity index (χ1v) is 6.43. The molecule has 0 atom stereocenters. The van der Waals surface area contributed by atoms with Crippen molar-refractivity contribution in [2.24, 2.45) is 5.73 Å². The van der Waals surface area contributed by atoms with Gasteiger partial charge in [-0.05, 0) is 23.4 Å². The number of nitrogens with one attached hydrogen (secondary N) is 1. The van der Waals surface area contributed by atoms with E-state index < -0.39 is 0 Å². The van der Waals surface area contributed by atoms with Gasteiger partial charge < -0.3 is 11.1 Å². The summed E-state index contributed by atoms with van der Waals surface area (Å²) in [4.78, 5) is 12.5. The fraction of sp³-hybridized carbons (Fsp3) is 0.417. The third-order valence-corrected chi connectivity index (χ3v) is 2.99. The van der Waals surface area contributed by atoms with Crippen molar-refractivity contribution in [2.45, 2.75) is 24.8 Å². The Morgan fingerprint density at radius 3 is 2.62 bits per heavy atom. The molecule has 0 aliphatic heterocycles. The topological polar surface area (TPSA) is 55.1 Å². The smallest absolute Gasteiger partial charge is 0.221 e. The molecule has 1 aromatic carbocycles. The van der Waals surface area contributed by atoms with Crippen molar-refractivity contribution in [1.82, 2.24) is 5.32 Å². The Morgan fingerprint density at radius 2 is 2.06 bits per heavy atom. The van der Waals surface area contributed by atoms with Crippen LogP contribution in [-0.2, 0) is 11.3 Å². The van der Waals surface area contributed by atoms with Crippen molar-refractivity contribution in [3.63, 3.8) is 0 Å². The SMILES string of the molecule is CCSc1ccc(CNC(=O)CCN)cc1. The molecule has 0 saturated heterocycles. The van der Waals surface area contributed by atoms with Gasteiger partial charge in [-0.25, -0.2) is 0 Å². The second kappa shape index (κ2) is 7.30. The summed E-state index contributed by atoms with van der Waals surface area (Å²) in [5.41, 5.74) is 6.40. The average molecular weight is 238 g/mol. The number of thioether (sulfide) groups is 1. The Balaban J connectivity index is 2.40. The number of benzene rings is 1. The summed E-state index contributed by atoms with van der Waals surface area (Å²) in [6, 6.07) is 8.25. The van der Waals surface area contributed by atoms with E-state index in [0.717, 1.165) is 11.3 Å². The van der Waals surface area contributed by atoms with E-state index in [1.165, 1.54) is 4.90 Å². The molecule has 3 nitrogen and oxygen atoms in total. The molecule has 0 unspecified atom stereocenters. The highest BCUT2D eigenvalue weighted by Gasteiger charge is 1.99. The van der Waals surface area contributed by atoms with E-state index in [1.807, 2.05) is 23.9 Å². The number of carbonyl (C=O) groups is 1. The van der Waals surface area contributed by atoms with E-state index in [1.54, 1.807) is 0 Å². The number of hydrogen-bond acceptors (Lipinski definition) is 3. The molecule has 0 aromatic heterocycles. The summed E-state index contributed by atoms with van der Waals surface area (Å²) in [5.74, 6) is 1.08. The summed E-state index contributed by atoms with van der Waals surface area (Å²) in [7, 11) is 0. The van der Waals surface area contributed by atoms with Crippen LogP contribution in [0.3, 0.4) is 0 Å². The molecule has 4 heteroatoms. The Morgan fingerprint density at radius 1 is 1.38 bits per heavy atom. The van der Waals surface area contributed by atoms with Gasteiger partial charge in [0.25, 0.3) is 0 Å². The van der Waals surface area contributed by atoms with Crippen molar-refractivity contribution in [3.8, 4) is 0 Å². The minimum Gasteiger partial charge on any atom is -0.352 e. The maximum atomic E-state index is 11.2. The molecule has 1 amide bonds. The molecule has 3 N–H and O–H groups in total. The van der Waals surface area contributed by atoms with E-state index in [-0.39, 0.29) is 5.91 Å². The van der Waals surface area contributed by atoms with Gasteiger partial charge in [0.15, 0.2) is 0 Å². The molecule has 0 bridgehead atoms. The first-order chi connectivity index (χ1) is 7.76. The quantitative estimate of drug-likeness (QED) is 0.743. The summed E-state index contributed by atoms with van der Waals surface area (Å²) in [5, 5.41) is 2.83. The van der Waals surface area contributed by atoms with Crippen LogP contribution in [0.2, 0.25) is 0 Å². The van der Waals surface area contributed by atoms with E-state index in [0.29, 0.717) is 19.5 Å². The van der Waals surface area contributed by atoms with Crippen molar-refractivity contribution >= 4 is 17.7 Å². The van der Waals surface area contributed by atoms with Gasteiger partial charge in [0.1, 0.15) is 0 Å². The van der Waals surface area contributed by atoms with Crippen LogP contribution in [0.4, 0.5) is 0 Å². The molecular weight excluding hydrogens is 220 g/mol. The van der Waals surface area contributed by atoms with Gasteiger partial charge in [0.05, 0.1) is 0 Å². The zero-order chi connectivity index (χ0) is 11.8. The first kappa shape index (κ1) is 13.1. The van der Waals surface area contributed by atoms with Gasteiger partial charge in [-0.15, -0.1) is 11.8 Å². The molecule has 0 radical (unpaired) electrons. The van der Waals surface area contributed by atoms with Gasteiger partial charge >= 0.3 is 0 Å². The van der Waals surface area contributed by atoms with Crippen LogP contribution in [0.1, 0.15) is 18.9 Å². The molecular formula is C12H18N2OS. The molecule has 0 saturated carbocycles. The second-order valence-electron chi connectivity index (χ2n) is 3.39. The third-order valence-electron chi connectivity index (χ3n) is 2.10. The molecule has 16 heavy (non-hydrogen) atoms. The summed E-state index contributed by atoms with van der Waals surface area (Å²) < 4.78 is 0. The average Bonchev–Trinajstić information content (AvgIpc) is 2.29. The molecule has 0 heterocycles. The van der Waals surface area contributed by atoms with Gasteiger partial charge in [0.2, 0.25) is 5.91 Å². The monoisotopic (exact) mass is 238 g/mol. The normalized spacial score (nSPS) is 10.1. The largest absolute Gasteiger partial charge is 0.352 e. The molecule has 0 aliphatic rings. The predicted octanol–water partition coefficient (Wildman–Crippen LogP) is 1.76. The number of carbonyl (C=O) groups excluding carboxylic acids is 1. The number of nitrogens with two attached hydrogens (primary N) is 1. The number of rotatable bonds is 6. The first-order valence-electron chi connectivity index (χ1n) is 5.44. The lowest BCUT2D eigenvalue weighted by Crippen LogP contribution is -2.24. The van der Waals surface area contributed by atoms with Crippen LogP contribution in [0.25, 0.3) is 0 Å². The summed E-state index contributed by atoms with van der Waals surface area (Å²) >= 11 is 1.81. The standard InChI is InChI=1S/C12H18N2OS/c1-2-16-11-5-3-10(4-6-11)9-14-12(15)7-8-13/h3-6H,2,7-9,13H2,1H3,(H,14,15). The highest BCUT2D eigenvalue weighted by molar-refractivity contribution is 7.99. The van der Waals surface area contributed by atoms with Gasteiger partial charge in [-0.2, -0.15) is 0 Å². The molecule has 0 fully saturated rings. The fourth-order valence-corrected chi connectivity index (χ4v) is 1.95. The Kier molecular flexibility index (Phi) is 5.96. The molecule has 0 aliphatic carbocycles. The van der Waals surface area contributed by atoms with E-state index in [9.17, 15) is 4.79 Å². The van der Waals surface area contributed by atoms with Gasteiger partial charge in [-0.1, -0.05) is 19.1 Å². The summed E-state index contributed by atoms with van der Waals surface area (Å²) in [6.07, 6.45) is 0.393. The minimum absolute atomic E-state index is 0.00881. The molecule has 0 spiro atoms. The lowest BCUT2D eigenvalue weighted by Gasteiger charge is -2.05. The number of hydrogen-bond donors (Lipinski definition) is 2. The van der Waals surface area contributed by atoms with Gasteiger partial charge in [-0.3, -0.25) is 4.79 Å². The summed E-state index contributed by atoms with van der Waals surface area (Å²) in [6.45, 7) is 3.11. The second-order valence-corrected chi connectivity index (χ2v) is 4.73. The Labute approximate surface area is 101 Å². The van der Waals surface area contributed by atoms with Crippen molar-refractivity contribution < 1.29 is 4.79 Å². The van der Waals surface area contributed by atoms with Crippen molar-refractivity contribution in [1.29, 1.82) is 0 Å². The van der Waals surface area contributed by atoms with E-state index >= 15 is 0 Å². The lowest BCUT2D eigenvalue weighted by atomic mass is 10.2. The van der Waals surface area contributed by atoms with Crippen LogP contribution in [0, 0.1) is 0 Å². The lowest BCUT2D eigenvalue weighted by molar-refractivity contribution is -0.121. The highest BCUT2D eigenvalue weighted by atomic mass is 32.2. The van der Waals surface area contributed by atoms with Crippen molar-refractivity contribution in [2.75, 3.05) is 12.3 Å². The minimum atomic E-state index is 0.00881. The van der Waals surface area contributed by atoms with E-state index in [2.05, 4.69) is 24.4 Å². The van der Waals surface area contributed by atoms with Crippen LogP contribution >= 0.6 is 11.8 Å². The third kappa shape index (κ3) is 4.68. The number of amides is 1. The van der Waals surface area contributed by atoms with Gasteiger partial charge in [0, 0.05) is 24.4 Å². The maximum Gasteiger partial charge on any atom is 0.221 e. The molecule has 1 aromatic rings. The highest BCUT2D eigenvalue weighted by Crippen LogP contribution is 2.17. The van der Waals surface area contributed by atoms with Crippen LogP contribution in [-0.4, -0.2) is 18.2 Å². The Hall–Kier alpha value is -1.00. The zero-order valence-corrected chi connectivity index (χ0v) is 10.3. The van der Waals surface area contributed by atoms with Crippen LogP contribution in [0.5, 0.6) is 0 Å². The zero-order valence-electron chi connectivity index (χ0n) is 9.53. The maximum absolute atomic E-state index is 11.2.